The van der Waals surface area contributed by atoms with Crippen LogP contribution in [0, 0.1) is 0 Å². The first kappa shape index (κ1) is 19.9. The van der Waals surface area contributed by atoms with Gasteiger partial charge in [-0.3, -0.25) is 14.5 Å². The molecule has 142 valence electrons. The van der Waals surface area contributed by atoms with Crippen LogP contribution in [0.4, 0.5) is 0 Å². The van der Waals surface area contributed by atoms with E-state index in [9.17, 15) is 9.59 Å². The number of nitrogens with zero attached hydrogens (tertiary/aromatic N) is 1. The fraction of sp³-hybridized carbons (Fsp3) is 0.474. The van der Waals surface area contributed by atoms with Gasteiger partial charge in [0.2, 0.25) is 11.8 Å². The molecule has 0 unspecified atom stereocenters. The lowest BCUT2D eigenvalue weighted by molar-refractivity contribution is -0.133. The summed E-state index contributed by atoms with van der Waals surface area (Å²) in [5.41, 5.74) is 0.977. The van der Waals surface area contributed by atoms with E-state index in [1.54, 1.807) is 14.2 Å². The predicted molar refractivity (Wildman–Crippen MR) is 99.9 cm³/mol. The molecule has 0 aromatic heterocycles. The van der Waals surface area contributed by atoms with Crippen LogP contribution in [0.15, 0.2) is 30.3 Å². The number of hydrogen-bond donors (Lipinski definition) is 2. The summed E-state index contributed by atoms with van der Waals surface area (Å²) in [6.45, 7) is 2.77. The van der Waals surface area contributed by atoms with Crippen LogP contribution in [0.3, 0.4) is 0 Å². The molecule has 1 saturated heterocycles. The predicted octanol–water partition coefficient (Wildman–Crippen LogP) is 0.662. The maximum absolute atomic E-state index is 12.2. The Balaban J connectivity index is 1.95. The molecule has 0 saturated carbocycles. The van der Waals surface area contributed by atoms with Crippen molar-refractivity contribution < 1.29 is 19.1 Å². The van der Waals surface area contributed by atoms with Crippen molar-refractivity contribution in [3.63, 3.8) is 0 Å². The van der Waals surface area contributed by atoms with Crippen molar-refractivity contribution >= 4 is 17.9 Å². The molecular formula is C19H27N3O4. The Labute approximate surface area is 154 Å². The van der Waals surface area contributed by atoms with Crippen molar-refractivity contribution in [1.82, 2.24) is 15.5 Å². The lowest BCUT2D eigenvalue weighted by Gasteiger charge is -2.33. The Kier molecular flexibility index (Phi) is 8.11. The van der Waals surface area contributed by atoms with Crippen molar-refractivity contribution in [2.45, 2.75) is 12.5 Å². The summed E-state index contributed by atoms with van der Waals surface area (Å²) in [7, 11) is 3.22. The number of carbonyl (C=O) groups is 2. The first-order chi connectivity index (χ1) is 12.7. The molecule has 1 aromatic carbocycles. The van der Waals surface area contributed by atoms with E-state index in [0.717, 1.165) is 11.3 Å². The van der Waals surface area contributed by atoms with Gasteiger partial charge in [-0.05, 0) is 6.07 Å². The number of hydrogen-bond acceptors (Lipinski definition) is 5. The highest BCUT2D eigenvalue weighted by atomic mass is 16.5. The number of amides is 2. The second-order valence-electron chi connectivity index (χ2n) is 5.99. The molecule has 0 aliphatic carbocycles. The molecule has 0 bridgehead atoms. The molecule has 1 aromatic rings. The molecule has 1 heterocycles. The molecule has 2 rings (SSSR count). The molecule has 2 N–H and O–H groups in total. The summed E-state index contributed by atoms with van der Waals surface area (Å²) in [6.07, 6.45) is 4.10. The lowest BCUT2D eigenvalue weighted by atomic mass is 10.1. The standard InChI is InChI=1S/C19H27N3O4/c1-25-13-10-20-18(23)14-16-19(24)21-9-12-22(16)11-5-7-15-6-3-4-8-17(15)26-2/h3-8,16H,9-14H2,1-2H3,(H,20,23)(H,21,24)/b7-5+/t16-/m1/s1. The van der Waals surface area contributed by atoms with E-state index in [1.807, 2.05) is 41.3 Å². The Morgan fingerprint density at radius 1 is 1.38 bits per heavy atom. The molecule has 26 heavy (non-hydrogen) atoms. The second-order valence-corrected chi connectivity index (χ2v) is 5.99. The third kappa shape index (κ3) is 5.86. The molecule has 1 atom stereocenters. The summed E-state index contributed by atoms with van der Waals surface area (Å²) in [4.78, 5) is 26.3. The molecule has 2 amide bonds. The van der Waals surface area contributed by atoms with Crippen molar-refractivity contribution in [2.24, 2.45) is 0 Å². The highest BCUT2D eigenvalue weighted by Crippen LogP contribution is 2.19. The summed E-state index contributed by atoms with van der Waals surface area (Å²) >= 11 is 0. The van der Waals surface area contributed by atoms with E-state index in [0.29, 0.717) is 32.8 Å². The molecule has 0 spiro atoms. The molecular weight excluding hydrogens is 334 g/mol. The fourth-order valence-corrected chi connectivity index (χ4v) is 2.86. The summed E-state index contributed by atoms with van der Waals surface area (Å²) in [5, 5.41) is 5.60. The fourth-order valence-electron chi connectivity index (χ4n) is 2.86. The highest BCUT2D eigenvalue weighted by molar-refractivity contribution is 5.88. The minimum atomic E-state index is -0.464. The Morgan fingerprint density at radius 3 is 2.96 bits per heavy atom. The van der Waals surface area contributed by atoms with Gasteiger partial charge in [-0.15, -0.1) is 0 Å². The first-order valence-corrected chi connectivity index (χ1v) is 8.72. The van der Waals surface area contributed by atoms with Gasteiger partial charge in [0.15, 0.2) is 0 Å². The van der Waals surface area contributed by atoms with Gasteiger partial charge in [0, 0.05) is 38.9 Å². The van der Waals surface area contributed by atoms with Gasteiger partial charge in [-0.2, -0.15) is 0 Å². The Morgan fingerprint density at radius 2 is 2.19 bits per heavy atom. The van der Waals surface area contributed by atoms with Crippen LogP contribution in [-0.2, 0) is 14.3 Å². The number of para-hydroxylation sites is 1. The molecule has 1 aliphatic heterocycles. The van der Waals surface area contributed by atoms with Crippen LogP contribution in [0.5, 0.6) is 5.75 Å². The van der Waals surface area contributed by atoms with E-state index in [2.05, 4.69) is 10.6 Å². The number of piperazine rings is 1. The van der Waals surface area contributed by atoms with Crippen molar-refractivity contribution in [1.29, 1.82) is 0 Å². The molecule has 7 heteroatoms. The summed E-state index contributed by atoms with van der Waals surface area (Å²) in [5.74, 6) is 0.542. The molecule has 7 nitrogen and oxygen atoms in total. The third-order valence-corrected chi connectivity index (χ3v) is 4.23. The number of rotatable bonds is 9. The maximum Gasteiger partial charge on any atom is 0.237 e. The number of nitrogens with one attached hydrogen (secondary N) is 2. The number of methoxy groups -OCH3 is 2. The quantitative estimate of drug-likeness (QED) is 0.632. The van der Waals surface area contributed by atoms with Crippen LogP contribution in [0.1, 0.15) is 12.0 Å². The topological polar surface area (TPSA) is 79.9 Å². The average molecular weight is 361 g/mol. The van der Waals surface area contributed by atoms with Gasteiger partial charge < -0.3 is 20.1 Å². The number of ether oxygens (including phenoxy) is 2. The average Bonchev–Trinajstić information content (AvgIpc) is 2.65. The van der Waals surface area contributed by atoms with E-state index < -0.39 is 6.04 Å². The monoisotopic (exact) mass is 361 g/mol. The summed E-state index contributed by atoms with van der Waals surface area (Å²) in [6, 6.07) is 7.28. The second kappa shape index (κ2) is 10.6. The third-order valence-electron chi connectivity index (χ3n) is 4.23. The smallest absolute Gasteiger partial charge is 0.237 e. The number of benzene rings is 1. The lowest BCUT2D eigenvalue weighted by Crippen LogP contribution is -2.56. The van der Waals surface area contributed by atoms with Crippen LogP contribution in [0.2, 0.25) is 0 Å². The zero-order chi connectivity index (χ0) is 18.8. The zero-order valence-electron chi connectivity index (χ0n) is 15.4. The van der Waals surface area contributed by atoms with Gasteiger partial charge >= 0.3 is 0 Å². The normalized spacial score (nSPS) is 17.9. The minimum Gasteiger partial charge on any atom is -0.496 e. The van der Waals surface area contributed by atoms with E-state index in [1.165, 1.54) is 0 Å². The van der Waals surface area contributed by atoms with Crippen LogP contribution in [0.25, 0.3) is 6.08 Å². The van der Waals surface area contributed by atoms with Gasteiger partial charge in [0.1, 0.15) is 5.75 Å². The van der Waals surface area contributed by atoms with Crippen molar-refractivity contribution in [3.05, 3.63) is 35.9 Å². The zero-order valence-corrected chi connectivity index (χ0v) is 15.4. The summed E-state index contributed by atoms with van der Waals surface area (Å²) < 4.78 is 10.2. The van der Waals surface area contributed by atoms with Crippen molar-refractivity contribution in [3.8, 4) is 5.75 Å². The minimum absolute atomic E-state index is 0.108. The van der Waals surface area contributed by atoms with Crippen molar-refractivity contribution in [2.75, 3.05) is 47.0 Å². The van der Waals surface area contributed by atoms with Crippen LogP contribution in [-0.4, -0.2) is 69.8 Å². The molecule has 1 aliphatic rings. The molecule has 1 fully saturated rings. The molecule has 0 radical (unpaired) electrons. The Bertz CT molecular complexity index is 633. The van der Waals surface area contributed by atoms with E-state index >= 15 is 0 Å². The highest BCUT2D eigenvalue weighted by Gasteiger charge is 2.30. The van der Waals surface area contributed by atoms with Gasteiger partial charge in [-0.25, -0.2) is 0 Å². The van der Waals surface area contributed by atoms with Gasteiger partial charge in [0.25, 0.3) is 0 Å². The SMILES string of the molecule is COCCNC(=O)C[C@@H]1C(=O)NCCN1C/C=C/c1ccccc1OC. The van der Waals surface area contributed by atoms with Gasteiger partial charge in [0.05, 0.1) is 26.2 Å². The van der Waals surface area contributed by atoms with Crippen LogP contribution < -0.4 is 15.4 Å². The van der Waals surface area contributed by atoms with E-state index in [4.69, 9.17) is 9.47 Å². The van der Waals surface area contributed by atoms with Gasteiger partial charge in [-0.1, -0.05) is 30.4 Å². The first-order valence-electron chi connectivity index (χ1n) is 8.72. The number of carbonyl (C=O) groups excluding carboxylic acids is 2. The maximum atomic E-state index is 12.2. The van der Waals surface area contributed by atoms with E-state index in [-0.39, 0.29) is 18.2 Å². The largest absolute Gasteiger partial charge is 0.496 e. The Hall–Kier alpha value is -2.38. The van der Waals surface area contributed by atoms with Crippen LogP contribution >= 0.6 is 0 Å².